The normalized spacial score (nSPS) is 32.2. The zero-order valence-electron chi connectivity index (χ0n) is 9.59. The molecule has 3 unspecified atom stereocenters. The van der Waals surface area contributed by atoms with Crippen LogP contribution in [0.4, 0.5) is 0 Å². The number of allylic oxidation sites excluding steroid dienone is 2. The maximum Gasteiger partial charge on any atom is 0.337 e. The summed E-state index contributed by atoms with van der Waals surface area (Å²) in [5, 5.41) is 0. The molecule has 0 heterocycles. The molecule has 1 saturated carbocycles. The minimum absolute atomic E-state index is 0.0175. The maximum absolute atomic E-state index is 12.0. The lowest BCUT2D eigenvalue weighted by Crippen LogP contribution is -2.22. The van der Waals surface area contributed by atoms with Gasteiger partial charge in [-0.15, -0.1) is 0 Å². The molecule has 0 aromatic carbocycles. The summed E-state index contributed by atoms with van der Waals surface area (Å²) in [6.45, 7) is 0. The second kappa shape index (κ2) is 4.44. The fourth-order valence-electron chi connectivity index (χ4n) is 2.66. The summed E-state index contributed by atoms with van der Waals surface area (Å²) in [4.78, 5) is 12.0. The number of ketones is 1. The van der Waals surface area contributed by atoms with E-state index < -0.39 is 7.60 Å². The molecule has 1 fully saturated rings. The number of fused-ring (bicyclic) bond motifs is 2. The number of hydrogen-bond donors (Lipinski definition) is 0. The first-order valence-corrected chi connectivity index (χ1v) is 7.22. The van der Waals surface area contributed by atoms with E-state index >= 15 is 0 Å². The Morgan fingerprint density at radius 2 is 2.00 bits per heavy atom. The predicted molar refractivity (Wildman–Crippen MR) is 60.3 cm³/mol. The Morgan fingerprint density at radius 3 is 2.44 bits per heavy atom. The van der Waals surface area contributed by atoms with Gasteiger partial charge >= 0.3 is 7.60 Å². The Hall–Kier alpha value is -0.440. The molecule has 0 amide bonds. The van der Waals surface area contributed by atoms with Crippen LogP contribution in [0.3, 0.4) is 0 Å². The van der Waals surface area contributed by atoms with Crippen molar-refractivity contribution in [2.24, 2.45) is 17.8 Å². The van der Waals surface area contributed by atoms with Crippen LogP contribution >= 0.6 is 7.60 Å². The molecule has 0 spiro atoms. The highest BCUT2D eigenvalue weighted by Crippen LogP contribution is 2.50. The van der Waals surface area contributed by atoms with Crippen molar-refractivity contribution in [3.63, 3.8) is 0 Å². The minimum Gasteiger partial charge on any atom is -0.312 e. The van der Waals surface area contributed by atoms with Gasteiger partial charge in [0.1, 0.15) is 11.9 Å². The van der Waals surface area contributed by atoms with Crippen molar-refractivity contribution in [2.45, 2.75) is 12.8 Å². The lowest BCUT2D eigenvalue weighted by Gasteiger charge is -2.19. The Morgan fingerprint density at radius 1 is 1.31 bits per heavy atom. The van der Waals surface area contributed by atoms with Gasteiger partial charge in [-0.2, -0.15) is 0 Å². The van der Waals surface area contributed by atoms with Crippen molar-refractivity contribution < 1.29 is 18.4 Å². The summed E-state index contributed by atoms with van der Waals surface area (Å²) in [5.74, 6) is 0.931. The van der Waals surface area contributed by atoms with Crippen LogP contribution in [-0.2, 0) is 18.4 Å². The summed E-state index contributed by atoms with van der Waals surface area (Å²) >= 11 is 0. The van der Waals surface area contributed by atoms with Crippen LogP contribution in [0, 0.1) is 17.8 Å². The molecule has 2 bridgehead atoms. The smallest absolute Gasteiger partial charge is 0.312 e. The summed E-state index contributed by atoms with van der Waals surface area (Å²) in [5.41, 5.74) is 0. The molecule has 90 valence electrons. The number of rotatable bonds is 5. The molecule has 2 aliphatic carbocycles. The number of hydrogen-bond acceptors (Lipinski definition) is 4. The molecule has 0 aromatic rings. The average Bonchev–Trinajstić information content (AvgIpc) is 2.90. The van der Waals surface area contributed by atoms with E-state index in [0.29, 0.717) is 11.8 Å². The summed E-state index contributed by atoms with van der Waals surface area (Å²) in [6, 6.07) is 0. The minimum atomic E-state index is -3.19. The molecule has 0 aliphatic heterocycles. The molecule has 16 heavy (non-hydrogen) atoms. The average molecular weight is 244 g/mol. The second-order valence-corrected chi connectivity index (χ2v) is 6.76. The number of Topliss-reactive ketones (excluding diaryl/α,β-unsaturated/α-hetero) is 1. The van der Waals surface area contributed by atoms with Gasteiger partial charge in [0.2, 0.25) is 0 Å². The molecule has 2 aliphatic rings. The van der Waals surface area contributed by atoms with Gasteiger partial charge in [0.15, 0.2) is 0 Å². The summed E-state index contributed by atoms with van der Waals surface area (Å²) in [7, 11) is -0.550. The molecule has 4 nitrogen and oxygen atoms in total. The van der Waals surface area contributed by atoms with Crippen molar-refractivity contribution in [3.05, 3.63) is 12.2 Å². The van der Waals surface area contributed by atoms with E-state index in [4.69, 9.17) is 9.05 Å². The van der Waals surface area contributed by atoms with Crippen LogP contribution in [0.15, 0.2) is 12.2 Å². The second-order valence-electron chi connectivity index (χ2n) is 4.49. The molecule has 3 atom stereocenters. The van der Waals surface area contributed by atoms with Crippen LogP contribution < -0.4 is 0 Å². The fraction of sp³-hybridized carbons (Fsp3) is 0.727. The van der Waals surface area contributed by atoms with E-state index in [0.717, 1.165) is 12.8 Å². The molecule has 0 N–H and O–H groups in total. The Kier molecular flexibility index (Phi) is 3.34. The first kappa shape index (κ1) is 12.0. The van der Waals surface area contributed by atoms with Crippen molar-refractivity contribution in [1.82, 2.24) is 0 Å². The third-order valence-electron chi connectivity index (χ3n) is 3.60. The first-order valence-electron chi connectivity index (χ1n) is 5.49. The standard InChI is InChI=1S/C11H17O4P/c1-14-16(13,15-2)7-11(12)10-6-8-3-4-9(10)5-8/h3-4,8-10H,5-7H2,1-2H3. The zero-order valence-corrected chi connectivity index (χ0v) is 10.5. The van der Waals surface area contributed by atoms with Gasteiger partial charge in [0.05, 0.1) is 0 Å². The van der Waals surface area contributed by atoms with Gasteiger partial charge in [-0.3, -0.25) is 9.36 Å². The Balaban J connectivity index is 1.99. The largest absolute Gasteiger partial charge is 0.337 e. The van der Waals surface area contributed by atoms with Gasteiger partial charge in [0, 0.05) is 20.1 Å². The van der Waals surface area contributed by atoms with E-state index in [-0.39, 0.29) is 17.9 Å². The highest BCUT2D eigenvalue weighted by Gasteiger charge is 2.41. The molecular formula is C11H17O4P. The van der Waals surface area contributed by atoms with Crippen molar-refractivity contribution in [3.8, 4) is 0 Å². The molecule has 0 aromatic heterocycles. The van der Waals surface area contributed by atoms with E-state index in [1.165, 1.54) is 14.2 Å². The van der Waals surface area contributed by atoms with Gasteiger partial charge in [-0.1, -0.05) is 12.2 Å². The Labute approximate surface area is 95.5 Å². The lowest BCUT2D eigenvalue weighted by atomic mass is 9.90. The SMILES string of the molecule is COP(=O)(CC(=O)C1CC2C=CC1C2)OC. The highest BCUT2D eigenvalue weighted by atomic mass is 31.2. The first-order chi connectivity index (χ1) is 7.58. The zero-order chi connectivity index (χ0) is 11.8. The monoisotopic (exact) mass is 244 g/mol. The van der Waals surface area contributed by atoms with Crippen LogP contribution in [0.25, 0.3) is 0 Å². The molecule has 0 saturated heterocycles. The van der Waals surface area contributed by atoms with Crippen molar-refractivity contribution in [1.29, 1.82) is 0 Å². The van der Waals surface area contributed by atoms with Gasteiger partial charge in [0.25, 0.3) is 0 Å². The van der Waals surface area contributed by atoms with Gasteiger partial charge in [-0.05, 0) is 24.7 Å². The Bertz CT molecular complexity index is 355. The number of carbonyl (C=O) groups excluding carboxylic acids is 1. The van der Waals surface area contributed by atoms with Crippen molar-refractivity contribution >= 4 is 13.4 Å². The van der Waals surface area contributed by atoms with Crippen molar-refractivity contribution in [2.75, 3.05) is 20.4 Å². The van der Waals surface area contributed by atoms with Gasteiger partial charge < -0.3 is 9.05 Å². The summed E-state index contributed by atoms with van der Waals surface area (Å²) in [6.07, 6.45) is 6.16. The molecule has 5 heteroatoms. The lowest BCUT2D eigenvalue weighted by molar-refractivity contribution is -0.121. The van der Waals surface area contributed by atoms with E-state index in [2.05, 4.69) is 12.2 Å². The van der Waals surface area contributed by atoms with Crippen LogP contribution in [-0.4, -0.2) is 26.2 Å². The van der Waals surface area contributed by atoms with E-state index in [9.17, 15) is 9.36 Å². The topological polar surface area (TPSA) is 52.6 Å². The van der Waals surface area contributed by atoms with Gasteiger partial charge in [-0.25, -0.2) is 0 Å². The summed E-state index contributed by atoms with van der Waals surface area (Å²) < 4.78 is 21.4. The van der Waals surface area contributed by atoms with Crippen LogP contribution in [0.1, 0.15) is 12.8 Å². The van der Waals surface area contributed by atoms with E-state index in [1.54, 1.807) is 0 Å². The fourth-order valence-corrected chi connectivity index (χ4v) is 3.69. The van der Waals surface area contributed by atoms with Crippen LogP contribution in [0.5, 0.6) is 0 Å². The van der Waals surface area contributed by atoms with Crippen LogP contribution in [0.2, 0.25) is 0 Å². The third kappa shape index (κ3) is 2.15. The quantitative estimate of drug-likeness (QED) is 0.549. The molecule has 0 radical (unpaired) electrons. The molecule has 2 rings (SSSR count). The van der Waals surface area contributed by atoms with E-state index in [1.807, 2.05) is 0 Å². The highest BCUT2D eigenvalue weighted by molar-refractivity contribution is 7.54. The number of carbonyl (C=O) groups is 1. The maximum atomic E-state index is 12.0. The predicted octanol–water partition coefficient (Wildman–Crippen LogP) is 2.25. The third-order valence-corrected chi connectivity index (χ3v) is 5.41. The molecular weight excluding hydrogens is 227 g/mol.